The molecule has 0 aromatic rings. The summed E-state index contributed by atoms with van der Waals surface area (Å²) in [6, 6.07) is 0. The molecule has 0 saturated carbocycles. The third-order valence-electron chi connectivity index (χ3n) is 4.40. The van der Waals surface area contributed by atoms with Crippen molar-refractivity contribution in [2.75, 3.05) is 26.2 Å². The molecule has 1 N–H and O–H groups in total. The number of piperidine rings is 1. The Morgan fingerprint density at radius 1 is 1.31 bits per heavy atom. The molecule has 0 radical (unpaired) electrons. The zero-order valence-corrected chi connectivity index (χ0v) is 15.7. The van der Waals surface area contributed by atoms with Crippen LogP contribution in [0.2, 0.25) is 0 Å². The van der Waals surface area contributed by atoms with Crippen molar-refractivity contribution in [2.45, 2.75) is 39.3 Å². The molecular formula is C19H28FN3O3. The molecule has 0 aliphatic carbocycles. The number of hydrogen-bond acceptors (Lipinski definition) is 4. The van der Waals surface area contributed by atoms with Gasteiger partial charge in [-0.25, -0.2) is 9.18 Å². The zero-order valence-electron chi connectivity index (χ0n) is 15.7. The summed E-state index contributed by atoms with van der Waals surface area (Å²) in [7, 11) is 0. The number of likely N-dealkylation sites (tertiary alicyclic amines) is 1. The summed E-state index contributed by atoms with van der Waals surface area (Å²) >= 11 is 0. The van der Waals surface area contributed by atoms with Crippen molar-refractivity contribution in [1.29, 1.82) is 0 Å². The van der Waals surface area contributed by atoms with Crippen LogP contribution in [0.1, 0.15) is 33.6 Å². The van der Waals surface area contributed by atoms with Gasteiger partial charge in [0.15, 0.2) is 5.67 Å². The number of rotatable bonds is 5. The van der Waals surface area contributed by atoms with Gasteiger partial charge in [0.1, 0.15) is 0 Å². The number of allylic oxidation sites excluding steroid dienone is 3. The molecule has 2 rings (SSSR count). The fraction of sp³-hybridized carbons (Fsp3) is 0.579. The van der Waals surface area contributed by atoms with Crippen LogP contribution < -0.4 is 5.32 Å². The Bertz CT molecular complexity index is 605. The Labute approximate surface area is 154 Å². The van der Waals surface area contributed by atoms with Gasteiger partial charge in [0, 0.05) is 50.6 Å². The second kappa shape index (κ2) is 8.87. The summed E-state index contributed by atoms with van der Waals surface area (Å²) in [6.07, 6.45) is 8.49. The van der Waals surface area contributed by atoms with Crippen molar-refractivity contribution >= 4 is 12.0 Å². The lowest BCUT2D eigenvalue weighted by Gasteiger charge is -2.37. The predicted molar refractivity (Wildman–Crippen MR) is 97.7 cm³/mol. The number of ether oxygens (including phenoxy) is 1. The van der Waals surface area contributed by atoms with Crippen LogP contribution in [0.25, 0.3) is 0 Å². The van der Waals surface area contributed by atoms with Gasteiger partial charge in [0.25, 0.3) is 5.91 Å². The maximum absolute atomic E-state index is 14.9. The fourth-order valence-electron chi connectivity index (χ4n) is 2.83. The van der Waals surface area contributed by atoms with Crippen LogP contribution in [-0.2, 0) is 9.53 Å². The minimum atomic E-state index is -1.81. The molecule has 7 heteroatoms. The summed E-state index contributed by atoms with van der Waals surface area (Å²) < 4.78 is 19.9. The second-order valence-electron chi connectivity index (χ2n) is 6.91. The van der Waals surface area contributed by atoms with E-state index in [0.717, 1.165) is 5.70 Å². The highest BCUT2D eigenvalue weighted by Crippen LogP contribution is 2.29. The highest BCUT2D eigenvalue weighted by molar-refractivity contribution is 5.85. The number of carbonyl (C=O) groups excluding carboxylic acids is 2. The first-order valence-corrected chi connectivity index (χ1v) is 9.09. The molecule has 1 saturated heterocycles. The first-order valence-electron chi connectivity index (χ1n) is 9.09. The van der Waals surface area contributed by atoms with Gasteiger partial charge in [-0.15, -0.1) is 0 Å². The normalized spacial score (nSPS) is 19.2. The zero-order chi connectivity index (χ0) is 19.2. The van der Waals surface area contributed by atoms with Crippen LogP contribution in [0.3, 0.4) is 0 Å². The molecule has 2 heterocycles. The molecule has 144 valence electrons. The molecule has 0 spiro atoms. The van der Waals surface area contributed by atoms with Gasteiger partial charge in [-0.2, -0.15) is 0 Å². The SMILES string of the molecule is CCOC(=O)N1C=CC=C(N2CCC(F)(C(=O)NCC(C)C)CC2)C=C1. The Kier molecular flexibility index (Phi) is 6.83. The van der Waals surface area contributed by atoms with E-state index in [0.29, 0.717) is 26.2 Å². The van der Waals surface area contributed by atoms with E-state index in [4.69, 9.17) is 4.74 Å². The van der Waals surface area contributed by atoms with E-state index in [9.17, 15) is 14.0 Å². The number of alkyl halides is 1. The second-order valence-corrected chi connectivity index (χ2v) is 6.91. The molecule has 6 nitrogen and oxygen atoms in total. The van der Waals surface area contributed by atoms with E-state index < -0.39 is 17.7 Å². The van der Waals surface area contributed by atoms with Crippen molar-refractivity contribution in [1.82, 2.24) is 15.1 Å². The Hall–Kier alpha value is -2.31. The topological polar surface area (TPSA) is 61.9 Å². The van der Waals surface area contributed by atoms with E-state index in [1.807, 2.05) is 24.8 Å². The third-order valence-corrected chi connectivity index (χ3v) is 4.40. The van der Waals surface area contributed by atoms with Gasteiger partial charge >= 0.3 is 6.09 Å². The molecule has 0 atom stereocenters. The first kappa shape index (κ1) is 20.0. The molecule has 0 unspecified atom stereocenters. The van der Waals surface area contributed by atoms with Gasteiger partial charge in [0.05, 0.1) is 6.61 Å². The summed E-state index contributed by atoms with van der Waals surface area (Å²) in [5, 5.41) is 2.70. The number of nitrogens with one attached hydrogen (secondary N) is 1. The molecular weight excluding hydrogens is 337 g/mol. The Morgan fingerprint density at radius 3 is 2.62 bits per heavy atom. The lowest BCUT2D eigenvalue weighted by molar-refractivity contribution is -0.135. The van der Waals surface area contributed by atoms with E-state index in [-0.39, 0.29) is 18.8 Å². The van der Waals surface area contributed by atoms with Gasteiger partial charge in [0.2, 0.25) is 0 Å². The minimum Gasteiger partial charge on any atom is -0.449 e. The van der Waals surface area contributed by atoms with Crippen LogP contribution in [0.5, 0.6) is 0 Å². The van der Waals surface area contributed by atoms with Crippen LogP contribution >= 0.6 is 0 Å². The summed E-state index contributed by atoms with van der Waals surface area (Å²) in [5.41, 5.74) is -0.939. The number of nitrogens with zero attached hydrogens (tertiary/aromatic N) is 2. The average Bonchev–Trinajstić information content (AvgIpc) is 2.86. The summed E-state index contributed by atoms with van der Waals surface area (Å²) in [6.45, 7) is 7.38. The van der Waals surface area contributed by atoms with Crippen LogP contribution in [0.4, 0.5) is 9.18 Å². The highest BCUT2D eigenvalue weighted by atomic mass is 19.1. The molecule has 2 amide bonds. The first-order chi connectivity index (χ1) is 12.4. The number of halogens is 1. The maximum atomic E-state index is 14.9. The standard InChI is InChI=1S/C19H28FN3O3/c1-4-26-18(25)23-10-5-6-16(7-11-23)22-12-8-19(20,9-13-22)17(24)21-14-15(2)3/h5-7,10-11,15H,4,8-9,12-14H2,1-3H3,(H,21,24). The summed E-state index contributed by atoms with van der Waals surface area (Å²) in [4.78, 5) is 27.3. The van der Waals surface area contributed by atoms with Gasteiger partial charge in [-0.05, 0) is 31.1 Å². The van der Waals surface area contributed by atoms with Crippen LogP contribution in [0.15, 0.2) is 36.3 Å². The largest absolute Gasteiger partial charge is 0.449 e. The molecule has 0 aromatic carbocycles. The molecule has 2 aliphatic heterocycles. The number of amides is 2. The molecule has 1 fully saturated rings. The van der Waals surface area contributed by atoms with Crippen LogP contribution in [0, 0.1) is 5.92 Å². The fourth-order valence-corrected chi connectivity index (χ4v) is 2.83. The van der Waals surface area contributed by atoms with Crippen molar-refractivity contribution < 1.29 is 18.7 Å². The maximum Gasteiger partial charge on any atom is 0.417 e. The Morgan fingerprint density at radius 2 is 2.00 bits per heavy atom. The van der Waals surface area contributed by atoms with Gasteiger partial charge in [-0.3, -0.25) is 9.69 Å². The van der Waals surface area contributed by atoms with Crippen molar-refractivity contribution in [3.8, 4) is 0 Å². The van der Waals surface area contributed by atoms with Gasteiger partial charge in [-0.1, -0.05) is 13.8 Å². The highest BCUT2D eigenvalue weighted by Gasteiger charge is 2.41. The van der Waals surface area contributed by atoms with E-state index in [2.05, 4.69) is 5.32 Å². The Balaban J connectivity index is 1.92. The average molecular weight is 365 g/mol. The minimum absolute atomic E-state index is 0.146. The van der Waals surface area contributed by atoms with Crippen molar-refractivity contribution in [3.05, 3.63) is 36.3 Å². The van der Waals surface area contributed by atoms with E-state index in [1.165, 1.54) is 4.90 Å². The number of carbonyl (C=O) groups is 2. The van der Waals surface area contributed by atoms with Crippen molar-refractivity contribution in [3.63, 3.8) is 0 Å². The molecule has 0 aromatic heterocycles. The predicted octanol–water partition coefficient (Wildman–Crippen LogP) is 2.95. The molecule has 2 aliphatic rings. The smallest absolute Gasteiger partial charge is 0.417 e. The van der Waals surface area contributed by atoms with Gasteiger partial charge < -0.3 is 15.0 Å². The van der Waals surface area contributed by atoms with Crippen molar-refractivity contribution in [2.24, 2.45) is 5.92 Å². The molecule has 26 heavy (non-hydrogen) atoms. The lowest BCUT2D eigenvalue weighted by atomic mass is 9.91. The molecule has 0 bridgehead atoms. The quantitative estimate of drug-likeness (QED) is 0.814. The van der Waals surface area contributed by atoms with Crippen LogP contribution in [-0.4, -0.2) is 53.7 Å². The third kappa shape index (κ3) is 5.09. The van der Waals surface area contributed by atoms with E-state index in [1.54, 1.807) is 31.5 Å². The van der Waals surface area contributed by atoms with E-state index >= 15 is 0 Å². The number of hydrogen-bond donors (Lipinski definition) is 1. The monoisotopic (exact) mass is 365 g/mol. The summed E-state index contributed by atoms with van der Waals surface area (Å²) in [5.74, 6) is -0.220. The lowest BCUT2D eigenvalue weighted by Crippen LogP contribution is -2.51.